The van der Waals surface area contributed by atoms with Crippen molar-refractivity contribution in [2.24, 2.45) is 0 Å². The van der Waals surface area contributed by atoms with E-state index in [1.54, 1.807) is 28.5 Å². The van der Waals surface area contributed by atoms with Crippen LogP contribution in [0.5, 0.6) is 0 Å². The summed E-state index contributed by atoms with van der Waals surface area (Å²) in [4.78, 5) is 0. The largest absolute Gasteiger partial charge is 0.414 e. The Hall–Kier alpha value is -0.416. The Balaban J connectivity index is 2.94. The molecule has 10 heteroatoms. The lowest BCUT2D eigenvalue weighted by Gasteiger charge is -2.29. The van der Waals surface area contributed by atoms with Gasteiger partial charge in [-0.2, -0.15) is 0 Å². The predicted molar refractivity (Wildman–Crippen MR) is 92.2 cm³/mol. The molecule has 1 fully saturated rings. The maximum atomic E-state index is 5.86. The number of hydrogen-bond acceptors (Lipinski definition) is 5. The maximum Gasteiger partial charge on any atom is 0.330 e. The standard InChI is InChI=1S/C10H20O5Si5/c1-6-16-11-17(7-2)13-19(9-4)15-20(10-5)14-18(8-3)12-16/h6-10,16-20H,1-5H2. The van der Waals surface area contributed by atoms with Crippen LogP contribution in [0.15, 0.2) is 61.4 Å². The van der Waals surface area contributed by atoms with Gasteiger partial charge in [-0.05, 0) is 0 Å². The highest BCUT2D eigenvalue weighted by Crippen LogP contribution is 2.09. The molecule has 110 valence electrons. The molecule has 0 aromatic heterocycles. The van der Waals surface area contributed by atoms with Gasteiger partial charge < -0.3 is 20.6 Å². The van der Waals surface area contributed by atoms with E-state index in [-0.39, 0.29) is 0 Å². The molecule has 0 spiro atoms. The molecule has 0 aromatic rings. The van der Waals surface area contributed by atoms with Gasteiger partial charge in [0.15, 0.2) is 0 Å². The van der Waals surface area contributed by atoms with E-state index in [0.717, 1.165) is 0 Å². The van der Waals surface area contributed by atoms with Crippen LogP contribution in [-0.2, 0) is 20.6 Å². The molecule has 5 nitrogen and oxygen atoms in total. The third-order valence-electron chi connectivity index (χ3n) is 2.30. The molecule has 1 rings (SSSR count). The Labute approximate surface area is 128 Å². The van der Waals surface area contributed by atoms with Crippen LogP contribution in [0.1, 0.15) is 0 Å². The van der Waals surface area contributed by atoms with Crippen molar-refractivity contribution in [2.45, 2.75) is 0 Å². The summed E-state index contributed by atoms with van der Waals surface area (Å²) in [5.41, 5.74) is 8.53. The Morgan fingerprint density at radius 3 is 0.650 bits per heavy atom. The van der Waals surface area contributed by atoms with E-state index in [4.69, 9.17) is 20.6 Å². The Morgan fingerprint density at radius 1 is 0.400 bits per heavy atom. The van der Waals surface area contributed by atoms with Gasteiger partial charge in [-0.25, -0.2) is 0 Å². The summed E-state index contributed by atoms with van der Waals surface area (Å²) < 4.78 is 29.3. The minimum atomic E-state index is -2.04. The van der Waals surface area contributed by atoms with Crippen LogP contribution in [0.4, 0.5) is 0 Å². The molecule has 0 aliphatic carbocycles. The van der Waals surface area contributed by atoms with Gasteiger partial charge in [0.05, 0.1) is 0 Å². The second-order valence-electron chi connectivity index (χ2n) is 3.70. The molecule has 0 N–H and O–H groups in total. The summed E-state index contributed by atoms with van der Waals surface area (Å²) in [6.45, 7) is 18.8. The molecule has 20 heavy (non-hydrogen) atoms. The fourth-order valence-corrected chi connectivity index (χ4v) is 15.3. The Morgan fingerprint density at radius 2 is 0.550 bits per heavy atom. The first-order chi connectivity index (χ1) is 9.66. The highest BCUT2D eigenvalue weighted by molar-refractivity contribution is 6.79. The quantitative estimate of drug-likeness (QED) is 0.636. The van der Waals surface area contributed by atoms with Gasteiger partial charge in [0.2, 0.25) is 0 Å². The van der Waals surface area contributed by atoms with E-state index in [1.807, 2.05) is 0 Å². The fourth-order valence-electron chi connectivity index (χ4n) is 1.38. The smallest absolute Gasteiger partial charge is 0.330 e. The number of hydrogen-bond donors (Lipinski definition) is 0. The molecule has 0 unspecified atom stereocenters. The van der Waals surface area contributed by atoms with Crippen molar-refractivity contribution >= 4 is 46.4 Å². The van der Waals surface area contributed by atoms with Gasteiger partial charge in [-0.1, -0.05) is 28.5 Å². The van der Waals surface area contributed by atoms with Crippen LogP contribution in [0, 0.1) is 0 Å². The summed E-state index contributed by atoms with van der Waals surface area (Å²) in [6, 6.07) is 0. The minimum absolute atomic E-state index is 1.71. The zero-order valence-electron chi connectivity index (χ0n) is 11.4. The van der Waals surface area contributed by atoms with Crippen molar-refractivity contribution < 1.29 is 20.6 Å². The second-order valence-corrected chi connectivity index (χ2v) is 15.2. The molecular formula is C10H20O5Si5. The molecule has 1 saturated heterocycles. The van der Waals surface area contributed by atoms with Crippen LogP contribution >= 0.6 is 0 Å². The average Bonchev–Trinajstić information content (AvgIpc) is 2.49. The van der Waals surface area contributed by atoms with Gasteiger partial charge in [0.1, 0.15) is 0 Å². The summed E-state index contributed by atoms with van der Waals surface area (Å²) in [6.07, 6.45) is 0. The SMILES string of the molecule is C=C[SiH]1O[SiH](C=C)O[SiH](C=C)O[SiH](C=C)O[SiH](C=C)O1. The lowest BCUT2D eigenvalue weighted by atomic mass is 11.3. The molecule has 1 heterocycles. The van der Waals surface area contributed by atoms with E-state index in [1.165, 1.54) is 0 Å². The van der Waals surface area contributed by atoms with Gasteiger partial charge >= 0.3 is 46.4 Å². The van der Waals surface area contributed by atoms with Gasteiger partial charge in [-0.3, -0.25) is 0 Å². The molecule has 0 amide bonds. The van der Waals surface area contributed by atoms with Gasteiger partial charge in [0, 0.05) is 0 Å². The van der Waals surface area contributed by atoms with Crippen LogP contribution in [0.3, 0.4) is 0 Å². The summed E-state index contributed by atoms with van der Waals surface area (Å²) in [7, 11) is -10.2. The molecule has 0 atom stereocenters. The summed E-state index contributed by atoms with van der Waals surface area (Å²) in [5.74, 6) is 0. The molecule has 0 bridgehead atoms. The highest BCUT2D eigenvalue weighted by Gasteiger charge is 2.30. The van der Waals surface area contributed by atoms with Crippen molar-refractivity contribution in [3.63, 3.8) is 0 Å². The third kappa shape index (κ3) is 5.53. The van der Waals surface area contributed by atoms with Gasteiger partial charge in [-0.15, -0.1) is 32.9 Å². The maximum absolute atomic E-state index is 5.86. The second kappa shape index (κ2) is 9.51. The Kier molecular flexibility index (Phi) is 8.38. The summed E-state index contributed by atoms with van der Waals surface area (Å²) in [5, 5.41) is 0. The summed E-state index contributed by atoms with van der Waals surface area (Å²) >= 11 is 0. The fraction of sp³-hybridized carbons (Fsp3) is 0. The molecular weight excluding hydrogens is 341 g/mol. The highest BCUT2D eigenvalue weighted by atomic mass is 28.5. The average molecular weight is 361 g/mol. The normalized spacial score (nSPS) is 35.5. The van der Waals surface area contributed by atoms with Crippen LogP contribution < -0.4 is 0 Å². The van der Waals surface area contributed by atoms with E-state index >= 15 is 0 Å². The van der Waals surface area contributed by atoms with E-state index in [2.05, 4.69) is 32.9 Å². The zero-order valence-corrected chi connectivity index (χ0v) is 17.1. The van der Waals surface area contributed by atoms with Crippen LogP contribution in [-0.4, -0.2) is 46.4 Å². The van der Waals surface area contributed by atoms with Crippen molar-refractivity contribution in [3.05, 3.63) is 61.4 Å². The zero-order chi connectivity index (χ0) is 15.0. The van der Waals surface area contributed by atoms with Gasteiger partial charge in [0.25, 0.3) is 0 Å². The molecule has 1 aliphatic rings. The first-order valence-corrected chi connectivity index (χ1v) is 14.1. The first kappa shape index (κ1) is 17.6. The number of rotatable bonds is 5. The first-order valence-electron chi connectivity index (χ1n) is 6.06. The van der Waals surface area contributed by atoms with Crippen molar-refractivity contribution in [3.8, 4) is 0 Å². The third-order valence-corrected chi connectivity index (χ3v) is 15.0. The topological polar surface area (TPSA) is 46.2 Å². The van der Waals surface area contributed by atoms with E-state index in [0.29, 0.717) is 0 Å². The lowest BCUT2D eigenvalue weighted by molar-refractivity contribution is 0.307. The molecule has 1 aliphatic heterocycles. The molecule has 0 aromatic carbocycles. The minimum Gasteiger partial charge on any atom is -0.414 e. The van der Waals surface area contributed by atoms with E-state index < -0.39 is 46.4 Å². The molecule has 0 radical (unpaired) electrons. The lowest BCUT2D eigenvalue weighted by Crippen LogP contribution is -2.46. The predicted octanol–water partition coefficient (Wildman–Crippen LogP) is -0.189. The van der Waals surface area contributed by atoms with Crippen molar-refractivity contribution in [1.82, 2.24) is 0 Å². The van der Waals surface area contributed by atoms with Crippen molar-refractivity contribution in [2.75, 3.05) is 0 Å². The van der Waals surface area contributed by atoms with Crippen molar-refractivity contribution in [1.29, 1.82) is 0 Å². The monoisotopic (exact) mass is 360 g/mol. The Bertz CT molecular complexity index is 288. The molecule has 0 saturated carbocycles. The van der Waals surface area contributed by atoms with Crippen LogP contribution in [0.2, 0.25) is 0 Å². The van der Waals surface area contributed by atoms with Crippen LogP contribution in [0.25, 0.3) is 0 Å². The van der Waals surface area contributed by atoms with E-state index in [9.17, 15) is 0 Å².